The van der Waals surface area contributed by atoms with Crippen molar-refractivity contribution in [3.05, 3.63) is 30.5 Å². The molecular weight excluding hydrogens is 204 g/mol. The smallest absolute Gasteiger partial charge is 0.214 e. The van der Waals surface area contributed by atoms with Crippen LogP contribution in [0.2, 0.25) is 0 Å². The first kappa shape index (κ1) is 9.10. The van der Waals surface area contributed by atoms with Crippen molar-refractivity contribution in [2.75, 3.05) is 0 Å². The lowest BCUT2D eigenvalue weighted by atomic mass is 10.5. The molecular formula is C7H8N4O2S. The topological polar surface area (TPSA) is 90.4 Å². The molecule has 7 heteroatoms. The van der Waals surface area contributed by atoms with Crippen molar-refractivity contribution in [3.63, 3.8) is 0 Å². The number of sulfonamides is 1. The van der Waals surface area contributed by atoms with Gasteiger partial charge in [-0.25, -0.2) is 18.5 Å². The van der Waals surface area contributed by atoms with Gasteiger partial charge in [-0.2, -0.15) is 0 Å². The highest BCUT2D eigenvalue weighted by molar-refractivity contribution is 7.88. The molecule has 0 aliphatic rings. The molecule has 0 aliphatic carbocycles. The maximum absolute atomic E-state index is 10.9. The van der Waals surface area contributed by atoms with Crippen LogP contribution in [0.15, 0.2) is 24.8 Å². The molecule has 6 nitrogen and oxygen atoms in total. The quantitative estimate of drug-likeness (QED) is 0.727. The molecule has 0 unspecified atom stereocenters. The van der Waals surface area contributed by atoms with Crippen LogP contribution < -0.4 is 5.14 Å². The molecule has 0 amide bonds. The van der Waals surface area contributed by atoms with Gasteiger partial charge in [-0.05, 0) is 0 Å². The molecule has 2 aromatic heterocycles. The molecule has 0 saturated heterocycles. The van der Waals surface area contributed by atoms with Crippen molar-refractivity contribution in [3.8, 4) is 0 Å². The molecule has 14 heavy (non-hydrogen) atoms. The van der Waals surface area contributed by atoms with Crippen molar-refractivity contribution in [1.29, 1.82) is 0 Å². The molecule has 2 rings (SSSR count). The Labute approximate surface area is 80.5 Å². The van der Waals surface area contributed by atoms with Crippen LogP contribution in [-0.4, -0.2) is 22.8 Å². The molecule has 74 valence electrons. The fourth-order valence-electron chi connectivity index (χ4n) is 1.21. The standard InChI is InChI=1S/C7H8N4O2S/c8-14(12,13)5-6-3-10-7-4-9-1-2-11(6)7/h1-4H,5H2,(H2,8,12,13). The summed E-state index contributed by atoms with van der Waals surface area (Å²) >= 11 is 0. The van der Waals surface area contributed by atoms with E-state index < -0.39 is 10.0 Å². The Balaban J connectivity index is 2.54. The van der Waals surface area contributed by atoms with E-state index in [1.807, 2.05) is 0 Å². The minimum atomic E-state index is -3.52. The van der Waals surface area contributed by atoms with Crippen molar-refractivity contribution in [2.45, 2.75) is 5.75 Å². The zero-order valence-electron chi connectivity index (χ0n) is 7.16. The number of nitrogens with zero attached hydrogens (tertiary/aromatic N) is 3. The number of rotatable bonds is 2. The predicted molar refractivity (Wildman–Crippen MR) is 49.8 cm³/mol. The summed E-state index contributed by atoms with van der Waals surface area (Å²) in [6, 6.07) is 0. The molecule has 0 saturated carbocycles. The van der Waals surface area contributed by atoms with Crippen LogP contribution in [0.25, 0.3) is 5.65 Å². The number of hydrogen-bond acceptors (Lipinski definition) is 4. The van der Waals surface area contributed by atoms with Crippen LogP contribution in [0.4, 0.5) is 0 Å². The van der Waals surface area contributed by atoms with Gasteiger partial charge in [0.25, 0.3) is 0 Å². The van der Waals surface area contributed by atoms with Gasteiger partial charge < -0.3 is 4.40 Å². The fraction of sp³-hybridized carbons (Fsp3) is 0.143. The Bertz CT molecular complexity index is 560. The van der Waals surface area contributed by atoms with Gasteiger partial charge in [0.1, 0.15) is 5.75 Å². The third-order valence-electron chi connectivity index (χ3n) is 1.74. The molecule has 0 aliphatic heterocycles. The van der Waals surface area contributed by atoms with E-state index in [9.17, 15) is 8.42 Å². The summed E-state index contributed by atoms with van der Waals surface area (Å²) in [4.78, 5) is 7.84. The van der Waals surface area contributed by atoms with Gasteiger partial charge in [-0.1, -0.05) is 0 Å². The lowest BCUT2D eigenvalue weighted by molar-refractivity contribution is 0.596. The van der Waals surface area contributed by atoms with E-state index in [1.54, 1.807) is 23.0 Å². The second kappa shape index (κ2) is 3.03. The van der Waals surface area contributed by atoms with E-state index in [0.29, 0.717) is 11.3 Å². The van der Waals surface area contributed by atoms with Crippen molar-refractivity contribution >= 4 is 15.7 Å². The molecule has 2 N–H and O–H groups in total. The third kappa shape index (κ3) is 1.73. The molecule has 2 aromatic rings. The second-order valence-corrected chi connectivity index (χ2v) is 4.48. The summed E-state index contributed by atoms with van der Waals surface area (Å²) in [5.41, 5.74) is 1.14. The van der Waals surface area contributed by atoms with E-state index in [0.717, 1.165) is 0 Å². The average molecular weight is 212 g/mol. The molecule has 0 radical (unpaired) electrons. The maximum atomic E-state index is 10.9. The molecule has 0 fully saturated rings. The van der Waals surface area contributed by atoms with Crippen molar-refractivity contribution in [2.24, 2.45) is 5.14 Å². The number of nitrogens with two attached hydrogens (primary N) is 1. The first-order valence-electron chi connectivity index (χ1n) is 3.83. The zero-order chi connectivity index (χ0) is 10.2. The summed E-state index contributed by atoms with van der Waals surface area (Å²) in [6.45, 7) is 0. The Morgan fingerprint density at radius 3 is 2.93 bits per heavy atom. The monoisotopic (exact) mass is 212 g/mol. The summed E-state index contributed by atoms with van der Waals surface area (Å²) in [5, 5.41) is 4.93. The summed E-state index contributed by atoms with van der Waals surface area (Å²) in [5.74, 6) is -0.224. The van der Waals surface area contributed by atoms with E-state index in [-0.39, 0.29) is 5.75 Å². The number of fused-ring (bicyclic) bond motifs is 1. The minimum Gasteiger partial charge on any atom is -0.300 e. The highest BCUT2D eigenvalue weighted by atomic mass is 32.2. The highest BCUT2D eigenvalue weighted by Crippen LogP contribution is 2.06. The molecule has 0 aromatic carbocycles. The van der Waals surface area contributed by atoms with Crippen molar-refractivity contribution < 1.29 is 8.42 Å². The van der Waals surface area contributed by atoms with E-state index >= 15 is 0 Å². The average Bonchev–Trinajstić information content (AvgIpc) is 2.47. The lowest BCUT2D eigenvalue weighted by Gasteiger charge is -1.98. The fourth-order valence-corrected chi connectivity index (χ4v) is 1.83. The van der Waals surface area contributed by atoms with Crippen LogP contribution in [0, 0.1) is 0 Å². The molecule has 0 bridgehead atoms. The van der Waals surface area contributed by atoms with E-state index in [1.165, 1.54) is 6.20 Å². The van der Waals surface area contributed by atoms with E-state index in [4.69, 9.17) is 5.14 Å². The van der Waals surface area contributed by atoms with Gasteiger partial charge in [0, 0.05) is 12.4 Å². The maximum Gasteiger partial charge on any atom is 0.214 e. The van der Waals surface area contributed by atoms with Gasteiger partial charge in [-0.15, -0.1) is 0 Å². The first-order chi connectivity index (χ1) is 6.56. The number of hydrogen-bond donors (Lipinski definition) is 1. The van der Waals surface area contributed by atoms with Crippen LogP contribution in [-0.2, 0) is 15.8 Å². The summed E-state index contributed by atoms with van der Waals surface area (Å²) in [6.07, 6.45) is 6.22. The van der Waals surface area contributed by atoms with Gasteiger partial charge in [0.05, 0.1) is 18.1 Å². The SMILES string of the molecule is NS(=O)(=O)Cc1cnc2cnccn12. The van der Waals surface area contributed by atoms with E-state index in [2.05, 4.69) is 9.97 Å². The molecule has 2 heterocycles. The van der Waals surface area contributed by atoms with Crippen LogP contribution in [0.3, 0.4) is 0 Å². The number of primary sulfonamides is 1. The second-order valence-electron chi connectivity index (χ2n) is 2.86. The molecule has 0 atom stereocenters. The van der Waals surface area contributed by atoms with Crippen LogP contribution >= 0.6 is 0 Å². The normalized spacial score (nSPS) is 12.1. The zero-order valence-corrected chi connectivity index (χ0v) is 7.98. The minimum absolute atomic E-state index is 0.224. The number of imidazole rings is 1. The third-order valence-corrected chi connectivity index (χ3v) is 2.44. The van der Waals surface area contributed by atoms with Gasteiger partial charge in [0.2, 0.25) is 10.0 Å². The first-order valence-corrected chi connectivity index (χ1v) is 5.54. The van der Waals surface area contributed by atoms with Crippen LogP contribution in [0.1, 0.15) is 5.69 Å². The summed E-state index contributed by atoms with van der Waals surface area (Å²) in [7, 11) is -3.52. The number of aromatic nitrogens is 3. The van der Waals surface area contributed by atoms with Crippen LogP contribution in [0.5, 0.6) is 0 Å². The van der Waals surface area contributed by atoms with Crippen molar-refractivity contribution in [1.82, 2.24) is 14.4 Å². The summed E-state index contributed by atoms with van der Waals surface area (Å²) < 4.78 is 23.4. The Kier molecular flexibility index (Phi) is 1.97. The predicted octanol–water partition coefficient (Wildman–Crippen LogP) is -0.482. The van der Waals surface area contributed by atoms with Gasteiger partial charge in [0.15, 0.2) is 5.65 Å². The Morgan fingerprint density at radius 1 is 1.43 bits per heavy atom. The van der Waals surface area contributed by atoms with Gasteiger partial charge in [-0.3, -0.25) is 4.98 Å². The Morgan fingerprint density at radius 2 is 2.21 bits per heavy atom. The van der Waals surface area contributed by atoms with Gasteiger partial charge >= 0.3 is 0 Å². The largest absolute Gasteiger partial charge is 0.300 e. The molecule has 0 spiro atoms. The highest BCUT2D eigenvalue weighted by Gasteiger charge is 2.09. The Hall–Kier alpha value is -1.47. The lowest BCUT2D eigenvalue weighted by Crippen LogP contribution is -2.15.